The second-order valence-electron chi connectivity index (χ2n) is 14.8. The van der Waals surface area contributed by atoms with Crippen LogP contribution in [0.3, 0.4) is 0 Å². The summed E-state index contributed by atoms with van der Waals surface area (Å²) in [6.45, 7) is 1.33. The molecule has 0 radical (unpaired) electrons. The van der Waals surface area contributed by atoms with Gasteiger partial charge in [-0.2, -0.15) is 10.5 Å². The Labute approximate surface area is 312 Å². The largest absolute Gasteiger partial charge is 0.493 e. The molecule has 1 N–H and O–H groups in total. The predicted octanol–water partition coefficient (Wildman–Crippen LogP) is 6.67. The molecule has 286 valence electrons. The van der Waals surface area contributed by atoms with Crippen molar-refractivity contribution in [3.05, 3.63) is 47.5 Å². The Hall–Kier alpha value is -4.52. The van der Waals surface area contributed by atoms with E-state index in [1.54, 1.807) is 14.2 Å². The van der Waals surface area contributed by atoms with E-state index in [1.165, 1.54) is 47.0 Å². The highest BCUT2D eigenvalue weighted by molar-refractivity contribution is 5.80. The fourth-order valence-corrected chi connectivity index (χ4v) is 7.43. The van der Waals surface area contributed by atoms with Crippen molar-refractivity contribution in [2.75, 3.05) is 48.8 Å². The number of nitriles is 2. The topological polar surface area (TPSA) is 167 Å². The lowest BCUT2D eigenvalue weighted by Gasteiger charge is -2.40. The zero-order valence-corrected chi connectivity index (χ0v) is 31.5. The van der Waals surface area contributed by atoms with Gasteiger partial charge in [-0.25, -0.2) is 9.59 Å². The summed E-state index contributed by atoms with van der Waals surface area (Å²) in [6, 6.07) is 16.2. The maximum atomic E-state index is 12.2. The van der Waals surface area contributed by atoms with Gasteiger partial charge in [-0.15, -0.1) is 0 Å². The Morgan fingerprint density at radius 3 is 1.34 bits per heavy atom. The van der Waals surface area contributed by atoms with Gasteiger partial charge < -0.3 is 38.3 Å². The molecule has 0 amide bonds. The zero-order chi connectivity index (χ0) is 38.3. The van der Waals surface area contributed by atoms with Gasteiger partial charge in [0.05, 0.1) is 57.5 Å². The molecule has 0 atom stereocenters. The molecule has 0 aromatic heterocycles. The number of nitrogens with zero attached hydrogens (tertiary/aromatic N) is 2. The van der Waals surface area contributed by atoms with Crippen molar-refractivity contribution in [2.45, 2.75) is 99.1 Å². The Bertz CT molecular complexity index is 1690. The molecule has 0 bridgehead atoms. The average molecular weight is 733 g/mol. The minimum absolute atomic E-state index is 0.302. The molecule has 12 nitrogen and oxygen atoms in total. The molecule has 6 rings (SSSR count). The van der Waals surface area contributed by atoms with Crippen LogP contribution < -0.4 is 18.9 Å². The fourth-order valence-electron chi connectivity index (χ4n) is 7.43. The Morgan fingerprint density at radius 2 is 1.04 bits per heavy atom. The first-order chi connectivity index (χ1) is 25.5. The third-order valence-electron chi connectivity index (χ3n) is 11.8. The normalized spacial score (nSPS) is 27.8. The molecule has 4 saturated carbocycles. The lowest BCUT2D eigenvalue weighted by Crippen LogP contribution is -2.48. The first-order valence-corrected chi connectivity index (χ1v) is 18.4. The van der Waals surface area contributed by atoms with E-state index in [0.717, 1.165) is 11.1 Å². The van der Waals surface area contributed by atoms with Gasteiger partial charge in [-0.05, 0) is 124 Å². The molecule has 4 fully saturated rings. The number of carbonyl (C=O) groups is 2. The number of esters is 1. The number of carboxylic acid groups (broad SMARTS) is 1. The lowest BCUT2D eigenvalue weighted by atomic mass is 9.66. The first kappa shape index (κ1) is 39.7. The molecule has 0 heterocycles. The number of carboxylic acids is 1. The highest BCUT2D eigenvalue weighted by Crippen LogP contribution is 2.48. The number of methoxy groups -OCH3 is 5. The maximum absolute atomic E-state index is 12.2. The minimum atomic E-state index is -1.20. The third-order valence-corrected chi connectivity index (χ3v) is 11.8. The number of benzene rings is 2. The summed E-state index contributed by atoms with van der Waals surface area (Å²) in [7, 11) is 7.52. The van der Waals surface area contributed by atoms with Gasteiger partial charge in [0, 0.05) is 14.2 Å². The van der Waals surface area contributed by atoms with Gasteiger partial charge in [-0.1, -0.05) is 12.1 Å². The highest BCUT2D eigenvalue weighted by Gasteiger charge is 2.50. The molecule has 0 aliphatic heterocycles. The van der Waals surface area contributed by atoms with Crippen LogP contribution in [-0.2, 0) is 34.6 Å². The number of carbonyl (C=O) groups excluding carboxylic acids is 1. The number of rotatable bonds is 14. The van der Waals surface area contributed by atoms with Gasteiger partial charge in [0.2, 0.25) is 0 Å². The van der Waals surface area contributed by atoms with E-state index >= 15 is 0 Å². The molecular formula is C41H52N2O10. The Kier molecular flexibility index (Phi) is 12.5. The summed E-state index contributed by atoms with van der Waals surface area (Å²) in [5.74, 6) is 2.54. The van der Waals surface area contributed by atoms with E-state index in [4.69, 9.17) is 33.2 Å². The molecule has 0 saturated heterocycles. The van der Waals surface area contributed by atoms with Gasteiger partial charge >= 0.3 is 11.9 Å². The van der Waals surface area contributed by atoms with E-state index in [0.29, 0.717) is 99.4 Å². The van der Waals surface area contributed by atoms with Crippen LogP contribution in [0.15, 0.2) is 36.4 Å². The minimum Gasteiger partial charge on any atom is -0.493 e. The van der Waals surface area contributed by atoms with E-state index in [-0.39, 0.29) is 5.97 Å². The van der Waals surface area contributed by atoms with Gasteiger partial charge in [0.1, 0.15) is 0 Å². The molecular weight excluding hydrogens is 680 g/mol. The SMILES string of the molecule is COc1ccc(C2(C#N)CCC(OC)(C(=O)O)CC2)cc1OCC1CC1.COc1ccc([C@]2(C#N)CC[C@](OC)(C(=O)OC)CC2)cc1OCC1CC1. The van der Waals surface area contributed by atoms with Crippen LogP contribution in [-0.4, -0.2) is 77.0 Å². The number of hydrogen-bond acceptors (Lipinski definition) is 11. The Morgan fingerprint density at radius 1 is 0.642 bits per heavy atom. The van der Waals surface area contributed by atoms with Crippen molar-refractivity contribution in [1.82, 2.24) is 0 Å². The first-order valence-electron chi connectivity index (χ1n) is 18.4. The second-order valence-corrected chi connectivity index (χ2v) is 14.8. The molecule has 4 aliphatic carbocycles. The van der Waals surface area contributed by atoms with Crippen LogP contribution in [0.4, 0.5) is 0 Å². The average Bonchev–Trinajstić information content (AvgIpc) is 4.15. The number of hydrogen-bond donors (Lipinski definition) is 1. The monoisotopic (exact) mass is 732 g/mol. The quantitative estimate of drug-likeness (QED) is 0.205. The van der Waals surface area contributed by atoms with Crippen LogP contribution in [0.25, 0.3) is 0 Å². The molecule has 2 aromatic rings. The van der Waals surface area contributed by atoms with Crippen molar-refractivity contribution >= 4 is 11.9 Å². The zero-order valence-electron chi connectivity index (χ0n) is 31.5. The third kappa shape index (κ3) is 8.50. The maximum Gasteiger partial charge on any atom is 0.338 e. The summed E-state index contributed by atoms with van der Waals surface area (Å²) < 4.78 is 38.4. The van der Waals surface area contributed by atoms with Crippen LogP contribution in [0.5, 0.6) is 23.0 Å². The van der Waals surface area contributed by atoms with E-state index in [1.807, 2.05) is 36.4 Å². The standard InChI is InChI=1S/C21H27NO5.C20H25NO5/c1-24-17-7-6-16(12-18(17)27-13-15-4-5-15)20(14-22)8-10-21(26-3,11-9-20)19(23)25-2;1-24-16-6-5-15(11-17(16)26-12-14-3-4-14)19(13-21)7-9-20(25-2,10-8-19)18(22)23/h6-7,12,15H,4-5,8-11,13H2,1-3H3;5-6,11,14H,3-4,7-10,12H2,1-2H3,(H,22,23)/t20-,21-;. The van der Waals surface area contributed by atoms with Gasteiger partial charge in [0.25, 0.3) is 0 Å². The summed E-state index contributed by atoms with van der Waals surface area (Å²) >= 11 is 0. The number of ether oxygens (including phenoxy) is 7. The fraction of sp³-hybridized carbons (Fsp3) is 0.610. The molecule has 2 aromatic carbocycles. The smallest absolute Gasteiger partial charge is 0.338 e. The predicted molar refractivity (Wildman–Crippen MR) is 193 cm³/mol. The van der Waals surface area contributed by atoms with Crippen molar-refractivity contribution < 1.29 is 47.9 Å². The molecule has 0 unspecified atom stereocenters. The van der Waals surface area contributed by atoms with Crippen LogP contribution in [0.1, 0.15) is 88.2 Å². The second kappa shape index (κ2) is 16.7. The Balaban J connectivity index is 0.000000204. The number of aliphatic carboxylic acids is 1. The van der Waals surface area contributed by atoms with Crippen LogP contribution >= 0.6 is 0 Å². The summed E-state index contributed by atoms with van der Waals surface area (Å²) in [5.41, 5.74) is -1.83. The molecule has 12 heteroatoms. The van der Waals surface area contributed by atoms with E-state index in [9.17, 15) is 25.2 Å². The summed E-state index contributed by atoms with van der Waals surface area (Å²) in [6.07, 6.45) is 8.16. The van der Waals surface area contributed by atoms with Crippen molar-refractivity contribution in [1.29, 1.82) is 10.5 Å². The summed E-state index contributed by atoms with van der Waals surface area (Å²) in [4.78, 5) is 23.8. The van der Waals surface area contributed by atoms with Crippen LogP contribution in [0, 0.1) is 34.5 Å². The highest BCUT2D eigenvalue weighted by atomic mass is 16.6. The van der Waals surface area contributed by atoms with Crippen LogP contribution in [0.2, 0.25) is 0 Å². The summed E-state index contributed by atoms with van der Waals surface area (Å²) in [5, 5.41) is 29.4. The van der Waals surface area contributed by atoms with Gasteiger partial charge in [-0.3, -0.25) is 0 Å². The van der Waals surface area contributed by atoms with Gasteiger partial charge in [0.15, 0.2) is 34.2 Å². The van der Waals surface area contributed by atoms with E-state index < -0.39 is 28.0 Å². The van der Waals surface area contributed by atoms with Crippen molar-refractivity contribution in [2.24, 2.45) is 11.8 Å². The lowest BCUT2D eigenvalue weighted by molar-refractivity contribution is -0.171. The van der Waals surface area contributed by atoms with E-state index in [2.05, 4.69) is 12.1 Å². The van der Waals surface area contributed by atoms with Crippen molar-refractivity contribution in [3.8, 4) is 35.1 Å². The molecule has 53 heavy (non-hydrogen) atoms. The molecule has 0 spiro atoms. The molecule has 4 aliphatic rings. The van der Waals surface area contributed by atoms with Crippen molar-refractivity contribution in [3.63, 3.8) is 0 Å².